The number of thiazole rings is 1. The molecule has 1 aromatic carbocycles. The van der Waals surface area contributed by atoms with Crippen LogP contribution in [0.3, 0.4) is 0 Å². The molecule has 0 spiro atoms. The van der Waals surface area contributed by atoms with Gasteiger partial charge in [0, 0.05) is 56.6 Å². The summed E-state index contributed by atoms with van der Waals surface area (Å²) < 4.78 is 11.1. The maximum Gasteiger partial charge on any atom is 0.308 e. The summed E-state index contributed by atoms with van der Waals surface area (Å²) in [6, 6.07) is 7.72. The van der Waals surface area contributed by atoms with Crippen LogP contribution in [0.1, 0.15) is 140 Å². The lowest BCUT2D eigenvalue weighted by Crippen LogP contribution is -2.58. The summed E-state index contributed by atoms with van der Waals surface area (Å²) in [4.78, 5) is 101. The monoisotopic (exact) mass is 921 g/mol. The van der Waals surface area contributed by atoms with Crippen molar-refractivity contribution in [2.75, 3.05) is 33.3 Å². The first kappa shape index (κ1) is 52.7. The molecule has 0 saturated carbocycles. The molecule has 5 amide bonds. The second-order valence-corrected chi connectivity index (χ2v) is 18.8. The number of rotatable bonds is 26. The summed E-state index contributed by atoms with van der Waals surface area (Å²) in [6.07, 6.45) is 9.43. The van der Waals surface area contributed by atoms with Gasteiger partial charge in [-0.3, -0.25) is 43.4 Å². The highest BCUT2D eigenvalue weighted by Crippen LogP contribution is 2.31. The Morgan fingerprint density at radius 3 is 2.22 bits per heavy atom. The van der Waals surface area contributed by atoms with Crippen LogP contribution in [0.15, 0.2) is 47.9 Å². The zero-order valence-electron chi connectivity index (χ0n) is 39.7. The van der Waals surface area contributed by atoms with E-state index < -0.39 is 42.0 Å². The molecule has 7 atom stereocenters. The van der Waals surface area contributed by atoms with Crippen molar-refractivity contribution < 1.29 is 43.0 Å². The van der Waals surface area contributed by atoms with Crippen molar-refractivity contribution >= 4 is 52.8 Å². The number of esters is 2. The third-order valence-corrected chi connectivity index (χ3v) is 13.5. The second-order valence-electron chi connectivity index (χ2n) is 17.9. The Hall–Kier alpha value is -4.96. The smallest absolute Gasteiger partial charge is 0.308 e. The van der Waals surface area contributed by atoms with E-state index in [-0.39, 0.29) is 66.2 Å². The molecule has 2 aliphatic heterocycles. The predicted molar refractivity (Wildman–Crippen MR) is 249 cm³/mol. The normalized spacial score (nSPS) is 18.1. The van der Waals surface area contributed by atoms with Crippen LogP contribution in [-0.4, -0.2) is 119 Å². The van der Waals surface area contributed by atoms with Crippen LogP contribution in [0.2, 0.25) is 0 Å². The van der Waals surface area contributed by atoms with E-state index in [2.05, 4.69) is 20.5 Å². The van der Waals surface area contributed by atoms with E-state index in [1.807, 2.05) is 58.0 Å². The van der Waals surface area contributed by atoms with Gasteiger partial charge in [0.1, 0.15) is 16.7 Å². The lowest BCUT2D eigenvalue weighted by atomic mass is 9.92. The first-order valence-corrected chi connectivity index (χ1v) is 24.4. The number of carbonyl (C=O) groups is 7. The van der Waals surface area contributed by atoms with Crippen molar-refractivity contribution in [2.24, 2.45) is 17.8 Å². The lowest BCUT2D eigenvalue weighted by Gasteiger charge is -2.39. The minimum Gasteiger partial charge on any atom is -0.466 e. The number of likely N-dealkylation sites (tertiary alicyclic amines) is 1. The fourth-order valence-corrected chi connectivity index (χ4v) is 9.50. The van der Waals surface area contributed by atoms with Gasteiger partial charge in [-0.2, -0.15) is 0 Å². The number of hydrogen-bond acceptors (Lipinski definition) is 12. The summed E-state index contributed by atoms with van der Waals surface area (Å²) in [5, 5.41) is 8.27. The van der Waals surface area contributed by atoms with Crippen molar-refractivity contribution in [3.63, 3.8) is 0 Å². The van der Waals surface area contributed by atoms with E-state index in [0.29, 0.717) is 37.2 Å². The molecule has 1 saturated heterocycles. The maximum atomic E-state index is 14.6. The second kappa shape index (κ2) is 26.3. The molecule has 2 aliphatic rings. The molecule has 358 valence electrons. The van der Waals surface area contributed by atoms with Gasteiger partial charge in [0.15, 0.2) is 6.10 Å². The number of carbonyl (C=O) groups excluding carboxylic acids is 7. The van der Waals surface area contributed by atoms with Gasteiger partial charge in [-0.05, 0) is 75.9 Å². The first-order valence-electron chi connectivity index (χ1n) is 23.5. The first-order chi connectivity index (χ1) is 31.0. The zero-order chi connectivity index (χ0) is 47.6. The van der Waals surface area contributed by atoms with E-state index in [0.717, 1.165) is 57.2 Å². The molecular weight excluding hydrogens is 849 g/mol. The van der Waals surface area contributed by atoms with Crippen molar-refractivity contribution in [3.8, 4) is 0 Å². The molecule has 1 aromatic heterocycles. The number of hydrogen-bond donors (Lipinski definition) is 2. The summed E-state index contributed by atoms with van der Waals surface area (Å²) in [7, 11) is 1.73. The minimum atomic E-state index is -0.861. The molecule has 0 radical (unpaired) electrons. The lowest BCUT2D eigenvalue weighted by molar-refractivity contribution is -0.149. The SMILES string of the molecule is CCOC(=O)[C@@H](C)C[C@H](Cc1ccccc1)NC(=O)c1csc([C@@H](CC(C(C)C)N(C)C(=O)[C@@H](NC(=O)[C@H]2CCCCN2CCCCCCN2C(=O)C=CC2=O)[C@@H](C)CC)OC(C)=O)n1. The quantitative estimate of drug-likeness (QED) is 0.0603. The third-order valence-electron chi connectivity index (χ3n) is 12.6. The number of nitrogens with zero attached hydrogens (tertiary/aromatic N) is 4. The number of ether oxygens (including phenoxy) is 2. The van der Waals surface area contributed by atoms with Gasteiger partial charge < -0.3 is 25.0 Å². The predicted octanol–water partition coefficient (Wildman–Crippen LogP) is 6.42. The molecule has 16 heteroatoms. The Balaban J connectivity index is 1.43. The van der Waals surface area contributed by atoms with E-state index >= 15 is 0 Å². The van der Waals surface area contributed by atoms with E-state index in [1.165, 1.54) is 35.3 Å². The maximum absolute atomic E-state index is 14.6. The van der Waals surface area contributed by atoms with Crippen LogP contribution in [-0.2, 0) is 44.7 Å². The number of nitrogens with one attached hydrogen (secondary N) is 2. The van der Waals surface area contributed by atoms with E-state index in [1.54, 1.807) is 31.2 Å². The standard InChI is InChI=1S/C49H72N6O9S/c1-9-33(5)44(52-46(60)39-22-16-19-26-54(39)25-17-11-12-18-27-55-42(57)23-24-43(55)58)48(61)53(8)40(32(3)4)30-41(64-35(7)56)47-51-38(31-65-47)45(59)50-37(28-34(6)49(62)63-10-2)29-36-20-14-13-15-21-36/h13-15,20-21,23-24,31-34,37,39-41,44H,9-12,16-19,22,25-30H2,1-8H3,(H,50,59)(H,52,60)/t33-,34-,37+,39+,40?,41+,44-/m0/s1. The Morgan fingerprint density at radius 2 is 1.58 bits per heavy atom. The molecule has 65 heavy (non-hydrogen) atoms. The van der Waals surface area contributed by atoms with Gasteiger partial charge in [0.2, 0.25) is 11.8 Å². The minimum absolute atomic E-state index is 0.0833. The van der Waals surface area contributed by atoms with Gasteiger partial charge in [0.25, 0.3) is 17.7 Å². The highest BCUT2D eigenvalue weighted by atomic mass is 32.1. The van der Waals surface area contributed by atoms with Gasteiger partial charge >= 0.3 is 11.9 Å². The number of imide groups is 1. The van der Waals surface area contributed by atoms with Crippen LogP contribution < -0.4 is 10.6 Å². The molecule has 1 unspecified atom stereocenters. The Labute approximate surface area is 389 Å². The molecule has 0 aliphatic carbocycles. The summed E-state index contributed by atoms with van der Waals surface area (Å²) >= 11 is 1.19. The fourth-order valence-electron chi connectivity index (χ4n) is 8.66. The fraction of sp³-hybridized carbons (Fsp3) is 0.633. The van der Waals surface area contributed by atoms with Gasteiger partial charge in [-0.25, -0.2) is 4.98 Å². The van der Waals surface area contributed by atoms with Crippen LogP contribution >= 0.6 is 11.3 Å². The number of amides is 5. The average Bonchev–Trinajstić information content (AvgIpc) is 3.91. The van der Waals surface area contributed by atoms with Crippen molar-refractivity contribution in [3.05, 3.63) is 64.1 Å². The molecular formula is C49H72N6O9S. The number of likely N-dealkylation sites (N-methyl/N-ethyl adjacent to an activating group) is 1. The molecule has 1 fully saturated rings. The Bertz CT molecular complexity index is 1920. The summed E-state index contributed by atoms with van der Waals surface area (Å²) in [6.45, 7) is 15.0. The number of aromatic nitrogens is 1. The molecule has 2 aromatic rings. The largest absolute Gasteiger partial charge is 0.466 e. The van der Waals surface area contributed by atoms with Crippen LogP contribution in [0.5, 0.6) is 0 Å². The summed E-state index contributed by atoms with van der Waals surface area (Å²) in [5.41, 5.74) is 1.15. The van der Waals surface area contributed by atoms with Gasteiger partial charge in [-0.1, -0.05) is 90.6 Å². The number of benzene rings is 1. The molecule has 2 N–H and O–H groups in total. The van der Waals surface area contributed by atoms with Crippen LogP contribution in [0.4, 0.5) is 0 Å². The van der Waals surface area contributed by atoms with Crippen molar-refractivity contribution in [2.45, 2.75) is 149 Å². The van der Waals surface area contributed by atoms with Crippen molar-refractivity contribution in [1.82, 2.24) is 30.3 Å². The van der Waals surface area contributed by atoms with Crippen molar-refractivity contribution in [1.29, 1.82) is 0 Å². The average molecular weight is 921 g/mol. The van der Waals surface area contributed by atoms with E-state index in [4.69, 9.17) is 9.47 Å². The molecule has 3 heterocycles. The third kappa shape index (κ3) is 15.9. The molecule has 0 bridgehead atoms. The zero-order valence-corrected chi connectivity index (χ0v) is 40.5. The Kier molecular flexibility index (Phi) is 21.3. The topological polar surface area (TPSA) is 185 Å². The highest BCUT2D eigenvalue weighted by molar-refractivity contribution is 7.09. The molecule has 15 nitrogen and oxygen atoms in total. The number of unbranched alkanes of at least 4 members (excludes halogenated alkanes) is 3. The van der Waals surface area contributed by atoms with Crippen LogP contribution in [0.25, 0.3) is 0 Å². The highest BCUT2D eigenvalue weighted by Gasteiger charge is 2.38. The van der Waals surface area contributed by atoms with Gasteiger partial charge in [0.05, 0.1) is 18.6 Å². The Morgan fingerprint density at radius 1 is 0.908 bits per heavy atom. The van der Waals surface area contributed by atoms with E-state index in [9.17, 15) is 33.6 Å². The number of piperidine rings is 1. The molecule has 4 rings (SSSR count). The summed E-state index contributed by atoms with van der Waals surface area (Å²) in [5.74, 6) is -2.92. The van der Waals surface area contributed by atoms with Crippen LogP contribution in [0, 0.1) is 17.8 Å². The van der Waals surface area contributed by atoms with Gasteiger partial charge in [-0.15, -0.1) is 11.3 Å².